The van der Waals surface area contributed by atoms with E-state index in [4.69, 9.17) is 4.74 Å². The van der Waals surface area contributed by atoms with Crippen LogP contribution in [0.4, 0.5) is 4.79 Å². The number of nitrogens with one attached hydrogen (secondary N) is 1. The number of hydrogen-bond acceptors (Lipinski definition) is 5. The summed E-state index contributed by atoms with van der Waals surface area (Å²) >= 11 is 0. The van der Waals surface area contributed by atoms with E-state index in [1.165, 1.54) is 0 Å². The second-order valence-corrected chi connectivity index (χ2v) is 4.72. The molecule has 0 aromatic heterocycles. The topological polar surface area (TPSA) is 77.0 Å². The molecule has 0 aliphatic heterocycles. The van der Waals surface area contributed by atoms with Crippen molar-refractivity contribution in [2.45, 2.75) is 41.0 Å². The molecular formula is C12H22N2O4. The third-order valence-electron chi connectivity index (χ3n) is 2.35. The lowest BCUT2D eigenvalue weighted by molar-refractivity contribution is -0.153. The maximum absolute atomic E-state index is 11.6. The lowest BCUT2D eigenvalue weighted by Gasteiger charge is -2.20. The van der Waals surface area contributed by atoms with E-state index in [0.717, 1.165) is 0 Å². The number of hydrogen-bond donors (Lipinski definition) is 1. The van der Waals surface area contributed by atoms with Gasteiger partial charge >= 0.3 is 12.1 Å². The molecule has 0 atom stereocenters. The molecular weight excluding hydrogens is 236 g/mol. The Labute approximate surface area is 108 Å². The first-order valence-corrected chi connectivity index (χ1v) is 5.93. The van der Waals surface area contributed by atoms with Crippen LogP contribution in [0.25, 0.3) is 0 Å². The molecule has 18 heavy (non-hydrogen) atoms. The van der Waals surface area contributed by atoms with Crippen LogP contribution in [-0.2, 0) is 14.4 Å². The molecule has 0 fully saturated rings. The minimum absolute atomic E-state index is 0.117. The molecule has 6 nitrogen and oxygen atoms in total. The number of amides is 1. The average Bonchev–Trinajstić information content (AvgIpc) is 2.31. The highest BCUT2D eigenvalue weighted by atomic mass is 16.7. The zero-order valence-corrected chi connectivity index (χ0v) is 11.7. The van der Waals surface area contributed by atoms with Gasteiger partial charge in [0.2, 0.25) is 0 Å². The summed E-state index contributed by atoms with van der Waals surface area (Å²) in [6.07, 6.45) is 0.0354. The predicted octanol–water partition coefficient (Wildman–Crippen LogP) is 2.09. The quantitative estimate of drug-likeness (QED) is 0.260. The third-order valence-corrected chi connectivity index (χ3v) is 2.35. The molecule has 0 aliphatic carbocycles. The normalized spacial score (nSPS) is 10.5. The first kappa shape index (κ1) is 16.4. The molecule has 104 valence electrons. The zero-order chi connectivity index (χ0) is 14.2. The molecule has 0 aliphatic rings. The maximum atomic E-state index is 11.6. The minimum Gasteiger partial charge on any atom is -0.463 e. The number of rotatable bonds is 6. The van der Waals surface area contributed by atoms with Gasteiger partial charge in [-0.3, -0.25) is 9.63 Å². The van der Waals surface area contributed by atoms with Crippen LogP contribution < -0.4 is 5.32 Å². The molecule has 0 radical (unpaired) electrons. The Hall–Kier alpha value is -1.59. The van der Waals surface area contributed by atoms with E-state index < -0.39 is 11.5 Å². The van der Waals surface area contributed by atoms with Crippen LogP contribution in [0, 0.1) is 5.41 Å². The van der Waals surface area contributed by atoms with Crippen molar-refractivity contribution < 1.29 is 19.2 Å². The van der Waals surface area contributed by atoms with Gasteiger partial charge in [-0.15, -0.1) is 0 Å². The highest BCUT2D eigenvalue weighted by molar-refractivity contribution is 5.79. The van der Waals surface area contributed by atoms with Gasteiger partial charge < -0.3 is 10.1 Å². The second-order valence-electron chi connectivity index (χ2n) is 4.72. The van der Waals surface area contributed by atoms with Crippen LogP contribution in [0.5, 0.6) is 0 Å². The first-order chi connectivity index (χ1) is 8.29. The third kappa shape index (κ3) is 6.88. The monoisotopic (exact) mass is 258 g/mol. The van der Waals surface area contributed by atoms with Crippen molar-refractivity contribution in [3.63, 3.8) is 0 Å². The van der Waals surface area contributed by atoms with Crippen LogP contribution in [0.1, 0.15) is 41.0 Å². The van der Waals surface area contributed by atoms with E-state index >= 15 is 0 Å². The van der Waals surface area contributed by atoms with Crippen molar-refractivity contribution in [1.29, 1.82) is 0 Å². The van der Waals surface area contributed by atoms with Crippen LogP contribution in [0.3, 0.4) is 0 Å². The average molecular weight is 258 g/mol. The summed E-state index contributed by atoms with van der Waals surface area (Å²) in [4.78, 5) is 27.1. The molecule has 0 saturated heterocycles. The fourth-order valence-corrected chi connectivity index (χ4v) is 0.802. The Bertz CT molecular complexity index is 320. The smallest absolute Gasteiger partial charge is 0.433 e. The van der Waals surface area contributed by atoms with Gasteiger partial charge in [0.25, 0.3) is 0 Å². The van der Waals surface area contributed by atoms with E-state index in [2.05, 4.69) is 15.3 Å². The van der Waals surface area contributed by atoms with Gasteiger partial charge in [0.1, 0.15) is 6.61 Å². The molecule has 6 heteroatoms. The molecule has 0 aromatic carbocycles. The maximum Gasteiger partial charge on any atom is 0.433 e. The van der Waals surface area contributed by atoms with E-state index in [0.29, 0.717) is 12.1 Å². The minimum atomic E-state index is -0.665. The van der Waals surface area contributed by atoms with Crippen LogP contribution in [0.15, 0.2) is 5.16 Å². The van der Waals surface area contributed by atoms with Crippen molar-refractivity contribution in [3.05, 3.63) is 0 Å². The highest BCUT2D eigenvalue weighted by Crippen LogP contribution is 2.21. The number of nitrogens with zero attached hydrogens (tertiary/aromatic N) is 1. The van der Waals surface area contributed by atoms with Crippen molar-refractivity contribution >= 4 is 17.8 Å². The van der Waals surface area contributed by atoms with Crippen LogP contribution >= 0.6 is 0 Å². The fraction of sp³-hybridized carbons (Fsp3) is 0.750. The van der Waals surface area contributed by atoms with Crippen molar-refractivity contribution in [2.75, 3.05) is 13.2 Å². The lowest BCUT2D eigenvalue weighted by atomic mass is 9.91. The van der Waals surface area contributed by atoms with E-state index in [9.17, 15) is 9.59 Å². The summed E-state index contributed by atoms with van der Waals surface area (Å²) < 4.78 is 5.03. The molecule has 0 saturated carbocycles. The number of carbonyl (C=O) groups is 2. The van der Waals surface area contributed by atoms with E-state index in [1.54, 1.807) is 13.8 Å². The van der Waals surface area contributed by atoms with Crippen LogP contribution in [0.2, 0.25) is 0 Å². The Morgan fingerprint density at radius 2 is 1.89 bits per heavy atom. The molecule has 1 N–H and O–H groups in total. The Morgan fingerprint density at radius 1 is 1.28 bits per heavy atom. The number of esters is 1. The molecule has 0 aromatic rings. The summed E-state index contributed by atoms with van der Waals surface area (Å²) in [7, 11) is 0. The van der Waals surface area contributed by atoms with E-state index in [1.807, 2.05) is 20.8 Å². The number of oxime groups is 1. The van der Waals surface area contributed by atoms with E-state index in [-0.39, 0.29) is 19.1 Å². The van der Waals surface area contributed by atoms with Gasteiger partial charge in [-0.1, -0.05) is 12.1 Å². The van der Waals surface area contributed by atoms with Gasteiger partial charge in [-0.2, -0.15) is 0 Å². The van der Waals surface area contributed by atoms with Crippen molar-refractivity contribution in [3.8, 4) is 0 Å². The first-order valence-electron chi connectivity index (χ1n) is 5.93. The van der Waals surface area contributed by atoms with Crippen molar-refractivity contribution in [1.82, 2.24) is 5.32 Å². The molecule has 0 heterocycles. The summed E-state index contributed by atoms with van der Waals surface area (Å²) in [5.74, 6) is -0.275. The fourth-order valence-electron chi connectivity index (χ4n) is 0.802. The molecule has 0 unspecified atom stereocenters. The number of carbonyl (C=O) groups excluding carboxylic acids is 2. The summed E-state index contributed by atoms with van der Waals surface area (Å²) in [6, 6.07) is 0. The standard InChI is InChI=1S/C12H22N2O4/c1-6-12(4,5)10(15)17-8-7-13-11(16)18-14-9(2)3/h6-8H2,1-5H3,(H,13,16). The number of ether oxygens (including phenoxy) is 1. The predicted molar refractivity (Wildman–Crippen MR) is 68.3 cm³/mol. The van der Waals surface area contributed by atoms with Gasteiger partial charge in [0, 0.05) is 0 Å². The summed E-state index contributed by atoms with van der Waals surface area (Å²) in [5, 5.41) is 5.91. The largest absolute Gasteiger partial charge is 0.463 e. The van der Waals surface area contributed by atoms with Gasteiger partial charge in [0.15, 0.2) is 0 Å². The molecule has 1 amide bonds. The molecule has 0 bridgehead atoms. The highest BCUT2D eigenvalue weighted by Gasteiger charge is 2.26. The van der Waals surface area contributed by atoms with Crippen LogP contribution in [-0.4, -0.2) is 30.9 Å². The van der Waals surface area contributed by atoms with Crippen molar-refractivity contribution in [2.24, 2.45) is 10.6 Å². The summed E-state index contributed by atoms with van der Waals surface area (Å²) in [5.41, 5.74) is 0.144. The Morgan fingerprint density at radius 3 is 2.39 bits per heavy atom. The zero-order valence-electron chi connectivity index (χ0n) is 11.7. The Balaban J connectivity index is 3.78. The molecule has 0 spiro atoms. The van der Waals surface area contributed by atoms with Gasteiger partial charge in [-0.05, 0) is 34.1 Å². The Kier molecular flexibility index (Phi) is 7.00. The summed E-state index contributed by atoms with van der Waals surface area (Å²) in [6.45, 7) is 9.28. The SMILES string of the molecule is CCC(C)(C)C(=O)OCCNC(=O)ON=C(C)C. The lowest BCUT2D eigenvalue weighted by Crippen LogP contribution is -2.31. The van der Waals surface area contributed by atoms with Gasteiger partial charge in [-0.25, -0.2) is 4.79 Å². The molecule has 0 rings (SSSR count). The van der Waals surface area contributed by atoms with Gasteiger partial charge in [0.05, 0.1) is 17.7 Å². The second kappa shape index (κ2) is 7.68.